The first-order chi connectivity index (χ1) is 11.9. The molecule has 0 aliphatic rings. The molecule has 25 heavy (non-hydrogen) atoms. The van der Waals surface area contributed by atoms with E-state index < -0.39 is 16.4 Å². The Morgan fingerprint density at radius 3 is 2.32 bits per heavy atom. The number of carbonyl (C=O) groups excluding carboxylic acids is 1. The number of hydrogen-bond acceptors (Lipinski definition) is 5. The molecule has 0 heterocycles. The average Bonchev–Trinajstić information content (AvgIpc) is 2.62. The molecule has 6 nitrogen and oxygen atoms in total. The number of para-hydroxylation sites is 1. The number of nitrogens with one attached hydrogen (secondary N) is 1. The van der Waals surface area contributed by atoms with Crippen molar-refractivity contribution >= 4 is 11.7 Å². The van der Waals surface area contributed by atoms with Crippen molar-refractivity contribution in [3.05, 3.63) is 75.8 Å². The minimum absolute atomic E-state index is 0.109. The number of nitro groups is 1. The quantitative estimate of drug-likeness (QED) is 0.474. The van der Waals surface area contributed by atoms with Crippen LogP contribution in [0.15, 0.2) is 54.6 Å². The third kappa shape index (κ3) is 3.69. The minimum atomic E-state index is -1.33. The summed E-state index contributed by atoms with van der Waals surface area (Å²) in [6.07, 6.45) is 0. The summed E-state index contributed by atoms with van der Waals surface area (Å²) in [6, 6.07) is 15.8. The van der Waals surface area contributed by atoms with Crippen LogP contribution in [0.1, 0.15) is 25.0 Å². The van der Waals surface area contributed by atoms with Crippen molar-refractivity contribution in [1.29, 1.82) is 0 Å². The zero-order chi connectivity index (χ0) is 18.4. The molecular formula is C19H22N2O4. The molecule has 1 atom stereocenters. The van der Waals surface area contributed by atoms with Crippen LogP contribution in [0.2, 0.25) is 0 Å². The van der Waals surface area contributed by atoms with Gasteiger partial charge in [0.2, 0.25) is 0 Å². The molecule has 0 fully saturated rings. The zero-order valence-corrected chi connectivity index (χ0v) is 14.6. The molecule has 2 aromatic carbocycles. The Labute approximate surface area is 147 Å². The highest BCUT2D eigenvalue weighted by Crippen LogP contribution is 2.37. The zero-order valence-electron chi connectivity index (χ0n) is 14.6. The van der Waals surface area contributed by atoms with Gasteiger partial charge in [-0.25, -0.2) is 4.79 Å². The van der Waals surface area contributed by atoms with Crippen molar-refractivity contribution < 1.29 is 14.5 Å². The van der Waals surface area contributed by atoms with Crippen LogP contribution >= 0.6 is 0 Å². The van der Waals surface area contributed by atoms with Crippen molar-refractivity contribution in [1.82, 2.24) is 5.32 Å². The molecule has 0 aromatic heterocycles. The summed E-state index contributed by atoms with van der Waals surface area (Å²) in [7, 11) is 1.29. The fraction of sp³-hybridized carbons (Fsp3) is 0.316. The van der Waals surface area contributed by atoms with Crippen LogP contribution in [0, 0.1) is 16.0 Å². The lowest BCUT2D eigenvalue weighted by Gasteiger charge is -2.36. The highest BCUT2D eigenvalue weighted by atomic mass is 16.6. The molecule has 6 heteroatoms. The molecule has 0 spiro atoms. The molecule has 0 saturated heterocycles. The van der Waals surface area contributed by atoms with Crippen molar-refractivity contribution in [3.8, 4) is 0 Å². The van der Waals surface area contributed by atoms with E-state index in [1.807, 2.05) is 44.2 Å². The van der Waals surface area contributed by atoms with E-state index in [4.69, 9.17) is 4.74 Å². The topological polar surface area (TPSA) is 81.5 Å². The van der Waals surface area contributed by atoms with Crippen LogP contribution in [0.3, 0.4) is 0 Å². The second-order valence-corrected chi connectivity index (χ2v) is 6.07. The Morgan fingerprint density at radius 1 is 1.16 bits per heavy atom. The van der Waals surface area contributed by atoms with Crippen LogP contribution in [-0.4, -0.2) is 18.0 Å². The van der Waals surface area contributed by atoms with Crippen LogP contribution < -0.4 is 5.32 Å². The Kier molecular flexibility index (Phi) is 5.88. The fourth-order valence-corrected chi connectivity index (χ4v) is 2.99. The van der Waals surface area contributed by atoms with Gasteiger partial charge in [0.15, 0.2) is 5.54 Å². The second kappa shape index (κ2) is 7.90. The molecule has 2 rings (SSSR count). The number of methoxy groups -OCH3 is 1. The van der Waals surface area contributed by atoms with Gasteiger partial charge in [0, 0.05) is 12.6 Å². The van der Waals surface area contributed by atoms with E-state index in [2.05, 4.69) is 5.32 Å². The normalized spacial score (nSPS) is 13.3. The van der Waals surface area contributed by atoms with Gasteiger partial charge >= 0.3 is 5.97 Å². The first-order valence-corrected chi connectivity index (χ1v) is 8.04. The van der Waals surface area contributed by atoms with Gasteiger partial charge in [-0.2, -0.15) is 0 Å². The van der Waals surface area contributed by atoms with E-state index in [-0.39, 0.29) is 11.6 Å². The smallest absolute Gasteiger partial charge is 0.331 e. The minimum Gasteiger partial charge on any atom is -0.467 e. The number of benzene rings is 2. The third-order valence-electron chi connectivity index (χ3n) is 4.31. The molecule has 0 unspecified atom stereocenters. The summed E-state index contributed by atoms with van der Waals surface area (Å²) in [4.78, 5) is 23.8. The highest BCUT2D eigenvalue weighted by molar-refractivity contribution is 5.84. The van der Waals surface area contributed by atoms with Crippen LogP contribution in [0.4, 0.5) is 5.69 Å². The van der Waals surface area contributed by atoms with Gasteiger partial charge in [-0.15, -0.1) is 0 Å². The van der Waals surface area contributed by atoms with Crippen LogP contribution in [-0.2, 0) is 21.6 Å². The first kappa shape index (κ1) is 18.6. The van der Waals surface area contributed by atoms with Gasteiger partial charge in [-0.3, -0.25) is 15.4 Å². The number of hydrogen-bond donors (Lipinski definition) is 1. The van der Waals surface area contributed by atoms with Crippen molar-refractivity contribution in [2.24, 2.45) is 5.92 Å². The monoisotopic (exact) mass is 342 g/mol. The maximum Gasteiger partial charge on any atom is 0.331 e. The Morgan fingerprint density at radius 2 is 1.76 bits per heavy atom. The number of esters is 1. The lowest BCUT2D eigenvalue weighted by atomic mass is 9.78. The average molecular weight is 342 g/mol. The number of ether oxygens (including phenoxy) is 1. The standard InChI is InChI=1S/C19H22N2O4/c1-14(2)19(18(22)25-3,20-13-15-9-5-4-6-10-15)16-11-7-8-12-17(16)21(23)24/h4-12,14,20H,13H2,1-3H3/t19-/m1/s1. The lowest BCUT2D eigenvalue weighted by molar-refractivity contribution is -0.386. The highest BCUT2D eigenvalue weighted by Gasteiger charge is 2.47. The summed E-state index contributed by atoms with van der Waals surface area (Å²) in [6.45, 7) is 4.05. The summed E-state index contributed by atoms with van der Waals surface area (Å²) >= 11 is 0. The van der Waals surface area contributed by atoms with Gasteiger partial charge in [0.1, 0.15) is 0 Å². The number of rotatable bonds is 7. The van der Waals surface area contributed by atoms with E-state index >= 15 is 0 Å². The number of nitrogens with zero attached hydrogens (tertiary/aromatic N) is 1. The number of carbonyl (C=O) groups is 1. The third-order valence-corrected chi connectivity index (χ3v) is 4.31. The molecular weight excluding hydrogens is 320 g/mol. The summed E-state index contributed by atoms with van der Waals surface area (Å²) in [5, 5.41) is 14.7. The molecule has 132 valence electrons. The summed E-state index contributed by atoms with van der Waals surface area (Å²) < 4.78 is 5.03. The van der Waals surface area contributed by atoms with Crippen molar-refractivity contribution in [2.75, 3.05) is 7.11 Å². The lowest BCUT2D eigenvalue weighted by Crippen LogP contribution is -2.53. The van der Waals surface area contributed by atoms with E-state index in [1.54, 1.807) is 18.2 Å². The SMILES string of the molecule is COC(=O)[C@](NCc1ccccc1)(c1ccccc1[N+](=O)[O-])C(C)C. The van der Waals surface area contributed by atoms with Gasteiger partial charge in [-0.1, -0.05) is 56.3 Å². The molecule has 0 bridgehead atoms. The molecule has 2 aromatic rings. The predicted octanol–water partition coefficient (Wildman–Crippen LogP) is 3.41. The van der Waals surface area contributed by atoms with Crippen LogP contribution in [0.25, 0.3) is 0 Å². The molecule has 0 radical (unpaired) electrons. The van der Waals surface area contributed by atoms with Gasteiger partial charge in [0.25, 0.3) is 5.69 Å². The largest absolute Gasteiger partial charge is 0.467 e. The Bertz CT molecular complexity index is 746. The van der Waals surface area contributed by atoms with E-state index in [0.717, 1.165) is 5.56 Å². The van der Waals surface area contributed by atoms with E-state index in [9.17, 15) is 14.9 Å². The summed E-state index contributed by atoms with van der Waals surface area (Å²) in [5.74, 6) is -0.822. The molecule has 0 saturated carbocycles. The van der Waals surface area contributed by atoms with E-state index in [1.165, 1.54) is 13.2 Å². The Hall–Kier alpha value is -2.73. The predicted molar refractivity (Wildman–Crippen MR) is 94.9 cm³/mol. The van der Waals surface area contributed by atoms with E-state index in [0.29, 0.717) is 12.1 Å². The van der Waals surface area contributed by atoms with Gasteiger partial charge in [-0.05, 0) is 17.5 Å². The first-order valence-electron chi connectivity index (χ1n) is 8.04. The fourth-order valence-electron chi connectivity index (χ4n) is 2.99. The van der Waals surface area contributed by atoms with Crippen LogP contribution in [0.5, 0.6) is 0 Å². The molecule has 1 N–H and O–H groups in total. The molecule has 0 aliphatic carbocycles. The van der Waals surface area contributed by atoms with Gasteiger partial charge < -0.3 is 4.74 Å². The molecule has 0 amide bonds. The second-order valence-electron chi connectivity index (χ2n) is 6.07. The maximum absolute atomic E-state index is 12.8. The molecule has 0 aliphatic heterocycles. The van der Waals surface area contributed by atoms with Crippen molar-refractivity contribution in [2.45, 2.75) is 25.9 Å². The van der Waals surface area contributed by atoms with Gasteiger partial charge in [0.05, 0.1) is 17.6 Å². The Balaban J connectivity index is 2.56. The summed E-state index contributed by atoms with van der Waals surface area (Å²) in [5.41, 5.74) is -0.163. The number of nitro benzene ring substituents is 1. The van der Waals surface area contributed by atoms with Crippen molar-refractivity contribution in [3.63, 3.8) is 0 Å². The maximum atomic E-state index is 12.8.